The van der Waals surface area contributed by atoms with Gasteiger partial charge in [0, 0.05) is 51.0 Å². The molecule has 0 saturated heterocycles. The molecule has 7 heteroatoms. The largest absolute Gasteiger partial charge is 0.346 e. The molecule has 0 amide bonds. The first-order valence-corrected chi connectivity index (χ1v) is 10.9. The maximum atomic E-state index is 13.2. The Morgan fingerprint density at radius 1 is 1.06 bits per heavy atom. The molecule has 6 nitrogen and oxygen atoms in total. The lowest BCUT2D eigenvalue weighted by Crippen LogP contribution is -2.36. The second-order valence-electron chi connectivity index (χ2n) is 8.34. The standard InChI is InChI=1S/C24H26FN5O/c25-18-8-6-17(7-9-18)14-30-12-3-4-19(30)15-29-13-10-21-20(16-29)24(31)28-23(27-21)22-5-1-2-11-26-22/h3-4,6-9,12H,1-2,5,10-11,13-16H2,(H,27,28,31). The number of hydrogen-bond donors (Lipinski definition) is 1. The number of fused-ring (bicyclic) bond motifs is 1. The van der Waals surface area contributed by atoms with Gasteiger partial charge in [-0.25, -0.2) is 9.37 Å². The minimum atomic E-state index is -0.221. The zero-order valence-corrected chi connectivity index (χ0v) is 17.5. The van der Waals surface area contributed by atoms with Gasteiger partial charge in [-0.15, -0.1) is 0 Å². The van der Waals surface area contributed by atoms with Gasteiger partial charge in [-0.05, 0) is 49.1 Å². The van der Waals surface area contributed by atoms with Crippen LogP contribution in [0.25, 0.3) is 0 Å². The van der Waals surface area contributed by atoms with E-state index in [0.29, 0.717) is 18.9 Å². The lowest BCUT2D eigenvalue weighted by molar-refractivity contribution is 0.236. The van der Waals surface area contributed by atoms with Crippen molar-refractivity contribution in [1.29, 1.82) is 0 Å². The molecule has 1 N–H and O–H groups in total. The Morgan fingerprint density at radius 3 is 2.74 bits per heavy atom. The third-order valence-corrected chi connectivity index (χ3v) is 6.12. The summed E-state index contributed by atoms with van der Waals surface area (Å²) in [5, 5.41) is 0. The lowest BCUT2D eigenvalue weighted by atomic mass is 10.0. The van der Waals surface area contributed by atoms with Gasteiger partial charge < -0.3 is 9.55 Å². The van der Waals surface area contributed by atoms with E-state index in [4.69, 9.17) is 4.98 Å². The van der Waals surface area contributed by atoms with Gasteiger partial charge in [-0.3, -0.25) is 14.7 Å². The Kier molecular flexibility index (Phi) is 5.51. The second-order valence-corrected chi connectivity index (χ2v) is 8.34. The van der Waals surface area contributed by atoms with Gasteiger partial charge in [0.15, 0.2) is 5.82 Å². The molecular formula is C24H26FN5O. The van der Waals surface area contributed by atoms with Crippen LogP contribution < -0.4 is 5.56 Å². The molecule has 2 aromatic heterocycles. The van der Waals surface area contributed by atoms with Crippen molar-refractivity contribution in [2.45, 2.75) is 45.3 Å². The molecule has 0 spiro atoms. The highest BCUT2D eigenvalue weighted by molar-refractivity contribution is 5.97. The van der Waals surface area contributed by atoms with Crippen LogP contribution in [0.2, 0.25) is 0 Å². The summed E-state index contributed by atoms with van der Waals surface area (Å²) >= 11 is 0. The van der Waals surface area contributed by atoms with Crippen LogP contribution in [0.3, 0.4) is 0 Å². The number of halogens is 1. The number of aromatic nitrogens is 3. The molecule has 2 aliphatic heterocycles. The number of nitrogens with zero attached hydrogens (tertiary/aromatic N) is 4. The maximum absolute atomic E-state index is 13.2. The topological polar surface area (TPSA) is 66.3 Å². The number of aliphatic imine (C=N–C) groups is 1. The van der Waals surface area contributed by atoms with E-state index in [1.54, 1.807) is 0 Å². The molecule has 0 unspecified atom stereocenters. The molecule has 4 heterocycles. The number of H-pyrrole nitrogens is 1. The van der Waals surface area contributed by atoms with Crippen LogP contribution in [-0.2, 0) is 26.1 Å². The Morgan fingerprint density at radius 2 is 1.94 bits per heavy atom. The maximum Gasteiger partial charge on any atom is 0.255 e. The Hall–Kier alpha value is -3.06. The van der Waals surface area contributed by atoms with E-state index >= 15 is 0 Å². The van der Waals surface area contributed by atoms with Gasteiger partial charge in [0.2, 0.25) is 0 Å². The Labute approximate surface area is 180 Å². The van der Waals surface area contributed by atoms with Crippen LogP contribution in [-0.4, -0.2) is 38.2 Å². The first-order chi connectivity index (χ1) is 15.2. The Bertz CT molecular complexity index is 1160. The third-order valence-electron chi connectivity index (χ3n) is 6.12. The van der Waals surface area contributed by atoms with Gasteiger partial charge in [0.25, 0.3) is 5.56 Å². The summed E-state index contributed by atoms with van der Waals surface area (Å²) in [4.78, 5) is 27.4. The first-order valence-electron chi connectivity index (χ1n) is 10.9. The SMILES string of the molecule is O=c1[nH]c(C2=NCCCC2)nc2c1CN(Cc1cccn1Cc1ccc(F)cc1)CC2. The quantitative estimate of drug-likeness (QED) is 0.690. The monoisotopic (exact) mass is 419 g/mol. The van der Waals surface area contributed by atoms with Gasteiger partial charge in [-0.2, -0.15) is 0 Å². The van der Waals surface area contributed by atoms with E-state index in [0.717, 1.165) is 67.9 Å². The predicted molar refractivity (Wildman–Crippen MR) is 118 cm³/mol. The van der Waals surface area contributed by atoms with Crippen molar-refractivity contribution in [3.05, 3.63) is 87.1 Å². The predicted octanol–water partition coefficient (Wildman–Crippen LogP) is 3.29. The fraction of sp³-hybridized carbons (Fsp3) is 0.375. The molecule has 0 fully saturated rings. The lowest BCUT2D eigenvalue weighted by Gasteiger charge is -2.28. The highest BCUT2D eigenvalue weighted by atomic mass is 19.1. The molecule has 2 aliphatic rings. The van der Waals surface area contributed by atoms with E-state index in [9.17, 15) is 9.18 Å². The smallest absolute Gasteiger partial charge is 0.255 e. The van der Waals surface area contributed by atoms with Crippen LogP contribution >= 0.6 is 0 Å². The number of hydrogen-bond acceptors (Lipinski definition) is 4. The molecule has 31 heavy (non-hydrogen) atoms. The van der Waals surface area contributed by atoms with Crippen molar-refractivity contribution in [3.8, 4) is 0 Å². The molecule has 0 atom stereocenters. The molecule has 5 rings (SSSR count). The van der Waals surface area contributed by atoms with E-state index < -0.39 is 0 Å². The van der Waals surface area contributed by atoms with Crippen LogP contribution in [0.4, 0.5) is 4.39 Å². The van der Waals surface area contributed by atoms with Gasteiger partial charge in [0.1, 0.15) is 5.82 Å². The summed E-state index contributed by atoms with van der Waals surface area (Å²) in [5.41, 5.74) is 4.80. The molecule has 0 radical (unpaired) electrons. The zero-order chi connectivity index (χ0) is 21.2. The summed E-state index contributed by atoms with van der Waals surface area (Å²) in [7, 11) is 0. The van der Waals surface area contributed by atoms with E-state index in [2.05, 4.69) is 25.5 Å². The molecule has 3 aromatic rings. The molecule has 160 valence electrons. The average Bonchev–Trinajstić information content (AvgIpc) is 3.22. The first kappa shape index (κ1) is 19.9. The minimum Gasteiger partial charge on any atom is -0.346 e. The van der Waals surface area contributed by atoms with Crippen molar-refractivity contribution < 1.29 is 4.39 Å². The van der Waals surface area contributed by atoms with Crippen molar-refractivity contribution >= 4 is 5.71 Å². The average molecular weight is 420 g/mol. The number of nitrogens with one attached hydrogen (secondary N) is 1. The zero-order valence-electron chi connectivity index (χ0n) is 17.5. The van der Waals surface area contributed by atoms with Crippen LogP contribution in [0, 0.1) is 5.82 Å². The van der Waals surface area contributed by atoms with E-state index in [1.807, 2.05) is 24.4 Å². The third kappa shape index (κ3) is 4.37. The highest BCUT2D eigenvalue weighted by Gasteiger charge is 2.23. The minimum absolute atomic E-state index is 0.0420. The van der Waals surface area contributed by atoms with E-state index in [1.165, 1.54) is 17.8 Å². The molecular weight excluding hydrogens is 393 g/mol. The summed E-state index contributed by atoms with van der Waals surface area (Å²) in [6.45, 7) is 3.72. The Balaban J connectivity index is 1.31. The van der Waals surface area contributed by atoms with E-state index in [-0.39, 0.29) is 11.4 Å². The summed E-state index contributed by atoms with van der Waals surface area (Å²) < 4.78 is 15.4. The summed E-state index contributed by atoms with van der Waals surface area (Å²) in [5.74, 6) is 0.436. The second kappa shape index (κ2) is 8.59. The fourth-order valence-electron chi connectivity index (χ4n) is 4.41. The van der Waals surface area contributed by atoms with Crippen molar-refractivity contribution in [2.75, 3.05) is 13.1 Å². The molecule has 0 saturated carbocycles. The number of aromatic amines is 1. The van der Waals surface area contributed by atoms with Gasteiger partial charge >= 0.3 is 0 Å². The normalized spacial score (nSPS) is 16.7. The van der Waals surface area contributed by atoms with Crippen LogP contribution in [0.5, 0.6) is 0 Å². The molecule has 1 aromatic carbocycles. The van der Waals surface area contributed by atoms with Crippen molar-refractivity contribution in [1.82, 2.24) is 19.4 Å². The summed E-state index contributed by atoms with van der Waals surface area (Å²) in [6.07, 6.45) is 5.90. The van der Waals surface area contributed by atoms with Gasteiger partial charge in [-0.1, -0.05) is 12.1 Å². The van der Waals surface area contributed by atoms with Crippen molar-refractivity contribution in [3.63, 3.8) is 0 Å². The van der Waals surface area contributed by atoms with Crippen molar-refractivity contribution in [2.24, 2.45) is 4.99 Å². The molecule has 0 aliphatic carbocycles. The number of rotatable bonds is 5. The number of benzene rings is 1. The van der Waals surface area contributed by atoms with Crippen LogP contribution in [0.1, 0.15) is 47.6 Å². The fourth-order valence-corrected chi connectivity index (χ4v) is 4.41. The van der Waals surface area contributed by atoms with Crippen LogP contribution in [0.15, 0.2) is 52.4 Å². The molecule has 0 bridgehead atoms. The highest BCUT2D eigenvalue weighted by Crippen LogP contribution is 2.19. The summed E-state index contributed by atoms with van der Waals surface area (Å²) in [6, 6.07) is 10.7. The van der Waals surface area contributed by atoms with Gasteiger partial charge in [0.05, 0.1) is 17.0 Å².